The Morgan fingerprint density at radius 1 is 1.10 bits per heavy atom. The van der Waals surface area contributed by atoms with E-state index in [1.165, 1.54) is 56.9 Å². The third kappa shape index (κ3) is 7.67. The Kier molecular flexibility index (Phi) is 9.38. The van der Waals surface area contributed by atoms with Crippen molar-refractivity contribution in [3.8, 4) is 11.4 Å². The number of nitrogens with two attached hydrogens (primary N) is 1. The van der Waals surface area contributed by atoms with Gasteiger partial charge in [-0.1, -0.05) is 81.3 Å². The van der Waals surface area contributed by atoms with Crippen LogP contribution in [0.4, 0.5) is 0 Å². The number of hydrogen-bond acceptors (Lipinski definition) is 4. The average Bonchev–Trinajstić information content (AvgIpc) is 3.24. The van der Waals surface area contributed by atoms with Gasteiger partial charge in [0.25, 0.3) is 0 Å². The highest BCUT2D eigenvalue weighted by Gasteiger charge is 2.23. The van der Waals surface area contributed by atoms with Gasteiger partial charge in [-0.3, -0.25) is 5.41 Å². The maximum atomic E-state index is 7.64. The van der Waals surface area contributed by atoms with Crippen molar-refractivity contribution in [3.63, 3.8) is 0 Å². The van der Waals surface area contributed by atoms with Crippen LogP contribution in [0.3, 0.4) is 0 Å². The van der Waals surface area contributed by atoms with Crippen molar-refractivity contribution in [3.05, 3.63) is 35.7 Å². The standard InChI is InChI=1S/C25H39N5O/c1-2-3-4-5-6-7-8-9-11-20-13-15-22(16-14-20)24-28-23(31-29-24)18-21-12-10-17-30(19-21)25(26)27/h13-16,21H,2-12,17-19H2,1H3,(H3,26,27)/t21-/m0/s1. The summed E-state index contributed by atoms with van der Waals surface area (Å²) in [5.74, 6) is 1.89. The molecule has 1 fully saturated rings. The molecule has 0 radical (unpaired) electrons. The van der Waals surface area contributed by atoms with E-state index in [-0.39, 0.29) is 5.96 Å². The topological polar surface area (TPSA) is 92.0 Å². The lowest BCUT2D eigenvalue weighted by Gasteiger charge is -2.32. The number of benzene rings is 1. The number of hydrogen-bond donors (Lipinski definition) is 2. The van der Waals surface area contributed by atoms with Gasteiger partial charge in [-0.2, -0.15) is 4.98 Å². The first-order chi connectivity index (χ1) is 15.2. The quantitative estimate of drug-likeness (QED) is 0.263. The van der Waals surface area contributed by atoms with Gasteiger partial charge >= 0.3 is 0 Å². The highest BCUT2D eigenvalue weighted by molar-refractivity contribution is 5.74. The Bertz CT molecular complexity index is 785. The first-order valence-corrected chi connectivity index (χ1v) is 12.2. The van der Waals surface area contributed by atoms with E-state index in [9.17, 15) is 0 Å². The Hall–Kier alpha value is -2.37. The van der Waals surface area contributed by atoms with Crippen molar-refractivity contribution < 1.29 is 4.52 Å². The second kappa shape index (κ2) is 12.5. The highest BCUT2D eigenvalue weighted by atomic mass is 16.5. The number of piperidine rings is 1. The summed E-state index contributed by atoms with van der Waals surface area (Å²) in [6.45, 7) is 3.93. The van der Waals surface area contributed by atoms with Crippen molar-refractivity contribution in [2.45, 2.75) is 84.0 Å². The molecule has 6 heteroatoms. The molecule has 1 aromatic heterocycles. The first kappa shape index (κ1) is 23.3. The molecule has 2 heterocycles. The summed E-state index contributed by atoms with van der Waals surface area (Å²) in [4.78, 5) is 6.54. The number of aromatic nitrogens is 2. The number of unbranched alkanes of at least 4 members (excludes halogenated alkanes) is 7. The molecule has 0 aliphatic carbocycles. The van der Waals surface area contributed by atoms with Crippen LogP contribution in [0.15, 0.2) is 28.8 Å². The molecule has 0 spiro atoms. The number of likely N-dealkylation sites (tertiary alicyclic amines) is 1. The van der Waals surface area contributed by atoms with E-state index < -0.39 is 0 Å². The SMILES string of the molecule is CCCCCCCCCCc1ccc(-c2noc(C[C@@H]3CCCN(C(=N)N)C3)n2)cc1. The summed E-state index contributed by atoms with van der Waals surface area (Å²) in [6.07, 6.45) is 14.9. The predicted molar refractivity (Wildman–Crippen MR) is 126 cm³/mol. The second-order valence-electron chi connectivity index (χ2n) is 8.98. The van der Waals surface area contributed by atoms with Crippen molar-refractivity contribution in [2.24, 2.45) is 11.7 Å². The first-order valence-electron chi connectivity index (χ1n) is 12.2. The molecular weight excluding hydrogens is 386 g/mol. The maximum Gasteiger partial charge on any atom is 0.227 e. The second-order valence-corrected chi connectivity index (χ2v) is 8.98. The number of nitrogens with zero attached hydrogens (tertiary/aromatic N) is 3. The molecule has 0 amide bonds. The molecule has 3 N–H and O–H groups in total. The Labute approximate surface area is 187 Å². The van der Waals surface area contributed by atoms with E-state index >= 15 is 0 Å². The van der Waals surface area contributed by atoms with Crippen LogP contribution < -0.4 is 5.73 Å². The Morgan fingerprint density at radius 3 is 2.52 bits per heavy atom. The molecule has 170 valence electrons. The number of rotatable bonds is 12. The van der Waals surface area contributed by atoms with Crippen molar-refractivity contribution in [1.29, 1.82) is 5.41 Å². The van der Waals surface area contributed by atoms with E-state index in [1.807, 2.05) is 4.90 Å². The molecular formula is C25H39N5O. The smallest absolute Gasteiger partial charge is 0.227 e. The molecule has 3 rings (SSSR count). The lowest BCUT2D eigenvalue weighted by Crippen LogP contribution is -2.43. The van der Waals surface area contributed by atoms with Crippen LogP contribution in [0.25, 0.3) is 11.4 Å². The molecule has 6 nitrogen and oxygen atoms in total. The van der Waals surface area contributed by atoms with Crippen LogP contribution in [0, 0.1) is 11.3 Å². The van der Waals surface area contributed by atoms with Gasteiger partial charge in [-0.25, -0.2) is 0 Å². The minimum atomic E-state index is 0.156. The van der Waals surface area contributed by atoms with Crippen LogP contribution in [0.2, 0.25) is 0 Å². The molecule has 2 aromatic rings. The van der Waals surface area contributed by atoms with Crippen LogP contribution in [-0.2, 0) is 12.8 Å². The van der Waals surface area contributed by atoms with Gasteiger partial charge in [-0.05, 0) is 37.2 Å². The van der Waals surface area contributed by atoms with Gasteiger partial charge in [0.15, 0.2) is 5.96 Å². The summed E-state index contributed by atoms with van der Waals surface area (Å²) >= 11 is 0. The number of nitrogens with one attached hydrogen (secondary N) is 1. The van der Waals surface area contributed by atoms with Gasteiger partial charge in [0, 0.05) is 25.1 Å². The molecule has 1 aliphatic rings. The lowest BCUT2D eigenvalue weighted by molar-refractivity contribution is 0.237. The van der Waals surface area contributed by atoms with Gasteiger partial charge in [0.1, 0.15) is 0 Å². The predicted octanol–water partition coefficient (Wildman–Crippen LogP) is 5.57. The van der Waals surface area contributed by atoms with E-state index in [0.29, 0.717) is 17.6 Å². The van der Waals surface area contributed by atoms with E-state index in [2.05, 4.69) is 41.3 Å². The molecule has 0 bridgehead atoms. The van der Waals surface area contributed by atoms with Crippen molar-refractivity contribution in [2.75, 3.05) is 13.1 Å². The third-order valence-electron chi connectivity index (χ3n) is 6.32. The fourth-order valence-corrected chi connectivity index (χ4v) is 4.44. The van der Waals surface area contributed by atoms with Crippen LogP contribution in [0.1, 0.15) is 82.6 Å². The molecule has 0 unspecified atom stereocenters. The zero-order valence-electron chi connectivity index (χ0n) is 19.1. The number of guanidine groups is 1. The number of aryl methyl sites for hydroxylation is 1. The van der Waals surface area contributed by atoms with Crippen molar-refractivity contribution >= 4 is 5.96 Å². The van der Waals surface area contributed by atoms with E-state index in [0.717, 1.165) is 44.3 Å². The summed E-state index contributed by atoms with van der Waals surface area (Å²) in [7, 11) is 0. The summed E-state index contributed by atoms with van der Waals surface area (Å²) < 4.78 is 5.51. The van der Waals surface area contributed by atoms with Gasteiger partial charge in [0.2, 0.25) is 11.7 Å². The monoisotopic (exact) mass is 425 g/mol. The van der Waals surface area contributed by atoms with Crippen LogP contribution >= 0.6 is 0 Å². The fraction of sp³-hybridized carbons (Fsp3) is 0.640. The Balaban J connectivity index is 1.41. The highest BCUT2D eigenvalue weighted by Crippen LogP contribution is 2.22. The van der Waals surface area contributed by atoms with Crippen LogP contribution in [0.5, 0.6) is 0 Å². The zero-order chi connectivity index (χ0) is 21.9. The van der Waals surface area contributed by atoms with Crippen molar-refractivity contribution in [1.82, 2.24) is 15.0 Å². The van der Waals surface area contributed by atoms with Gasteiger partial charge in [-0.15, -0.1) is 0 Å². The minimum absolute atomic E-state index is 0.156. The third-order valence-corrected chi connectivity index (χ3v) is 6.32. The minimum Gasteiger partial charge on any atom is -0.370 e. The van der Waals surface area contributed by atoms with Gasteiger partial charge in [0.05, 0.1) is 0 Å². The maximum absolute atomic E-state index is 7.64. The summed E-state index contributed by atoms with van der Waals surface area (Å²) in [5, 5.41) is 11.8. The molecule has 1 aliphatic heterocycles. The summed E-state index contributed by atoms with van der Waals surface area (Å²) in [6, 6.07) is 8.59. The lowest BCUT2D eigenvalue weighted by atomic mass is 9.95. The summed E-state index contributed by atoms with van der Waals surface area (Å²) in [5.41, 5.74) is 8.02. The molecule has 1 saturated heterocycles. The molecule has 31 heavy (non-hydrogen) atoms. The molecule has 1 atom stereocenters. The molecule has 0 saturated carbocycles. The van der Waals surface area contributed by atoms with E-state index in [1.54, 1.807) is 0 Å². The largest absolute Gasteiger partial charge is 0.370 e. The average molecular weight is 426 g/mol. The van der Waals surface area contributed by atoms with Crippen LogP contribution in [-0.4, -0.2) is 34.1 Å². The zero-order valence-corrected chi connectivity index (χ0v) is 19.1. The molecule has 1 aromatic carbocycles. The Morgan fingerprint density at radius 2 is 1.81 bits per heavy atom. The normalized spacial score (nSPS) is 16.5. The fourth-order valence-electron chi connectivity index (χ4n) is 4.44. The van der Waals surface area contributed by atoms with Gasteiger partial charge < -0.3 is 15.2 Å². The van der Waals surface area contributed by atoms with E-state index in [4.69, 9.17) is 15.7 Å².